The number of halogens is 2. The van der Waals surface area contributed by atoms with Gasteiger partial charge in [0, 0.05) is 6.20 Å². The average Bonchev–Trinajstić information content (AvgIpc) is 1.95. The molecule has 0 amide bonds. The molecule has 1 aromatic rings. The third-order valence-electron chi connectivity index (χ3n) is 0.948. The fourth-order valence-corrected chi connectivity index (χ4v) is 1.08. The van der Waals surface area contributed by atoms with Gasteiger partial charge < -0.3 is 0 Å². The minimum absolute atomic E-state index is 0.383. The topological polar surface area (TPSA) is 36.7 Å². The number of nitriles is 1. The minimum atomic E-state index is 0.383. The van der Waals surface area contributed by atoms with E-state index in [1.807, 2.05) is 28.7 Å². The molecule has 0 atom stereocenters. The maximum Gasteiger partial charge on any atom is 0.155 e. The van der Waals surface area contributed by atoms with Crippen LogP contribution in [0.25, 0.3) is 0 Å². The van der Waals surface area contributed by atoms with E-state index in [1.165, 1.54) is 6.20 Å². The van der Waals surface area contributed by atoms with Gasteiger partial charge in [0.1, 0.15) is 6.07 Å². The van der Waals surface area contributed by atoms with Crippen molar-refractivity contribution in [3.63, 3.8) is 0 Å². The lowest BCUT2D eigenvalue weighted by Crippen LogP contribution is -1.86. The van der Waals surface area contributed by atoms with Crippen LogP contribution in [0.4, 0.5) is 0 Å². The van der Waals surface area contributed by atoms with Crippen molar-refractivity contribution in [2.75, 3.05) is 0 Å². The van der Waals surface area contributed by atoms with Gasteiger partial charge >= 0.3 is 0 Å². The Kier molecular flexibility index (Phi) is 2.46. The number of pyridine rings is 1. The van der Waals surface area contributed by atoms with Crippen LogP contribution in [0.15, 0.2) is 12.3 Å². The van der Waals surface area contributed by atoms with Gasteiger partial charge in [-0.2, -0.15) is 5.26 Å². The highest BCUT2D eigenvalue weighted by molar-refractivity contribution is 14.1. The van der Waals surface area contributed by atoms with Crippen LogP contribution in [-0.2, 0) is 0 Å². The molecule has 50 valence electrons. The molecule has 0 radical (unpaired) electrons. The lowest BCUT2D eigenvalue weighted by atomic mass is 10.4. The molecule has 0 fully saturated rings. The van der Waals surface area contributed by atoms with Gasteiger partial charge in [-0.1, -0.05) is 11.6 Å². The smallest absolute Gasteiger partial charge is 0.155 e. The van der Waals surface area contributed by atoms with Gasteiger partial charge in [0.2, 0.25) is 0 Å². The SMILES string of the molecule is N#Cc1nccc(Cl)c1I. The zero-order chi connectivity index (χ0) is 7.56. The van der Waals surface area contributed by atoms with Gasteiger partial charge in [-0.15, -0.1) is 0 Å². The first-order valence-corrected chi connectivity index (χ1v) is 3.91. The summed E-state index contributed by atoms with van der Waals surface area (Å²) in [6.07, 6.45) is 1.52. The number of nitrogens with zero attached hydrogens (tertiary/aromatic N) is 2. The van der Waals surface area contributed by atoms with Crippen LogP contribution in [-0.4, -0.2) is 4.98 Å². The quantitative estimate of drug-likeness (QED) is 0.674. The van der Waals surface area contributed by atoms with Gasteiger partial charge in [-0.05, 0) is 28.7 Å². The van der Waals surface area contributed by atoms with Crippen LogP contribution in [0.5, 0.6) is 0 Å². The average molecular weight is 264 g/mol. The zero-order valence-corrected chi connectivity index (χ0v) is 7.72. The van der Waals surface area contributed by atoms with Crippen molar-refractivity contribution in [2.24, 2.45) is 0 Å². The van der Waals surface area contributed by atoms with E-state index in [9.17, 15) is 0 Å². The van der Waals surface area contributed by atoms with Crippen LogP contribution >= 0.6 is 34.2 Å². The Balaban J connectivity index is 3.31. The Morgan fingerprint density at radius 2 is 2.40 bits per heavy atom. The van der Waals surface area contributed by atoms with Crippen molar-refractivity contribution in [3.05, 3.63) is 26.5 Å². The second-order valence-electron chi connectivity index (χ2n) is 1.57. The number of hydrogen-bond acceptors (Lipinski definition) is 2. The first-order valence-electron chi connectivity index (χ1n) is 2.46. The second-order valence-corrected chi connectivity index (χ2v) is 3.05. The van der Waals surface area contributed by atoms with Crippen LogP contribution in [0.1, 0.15) is 5.69 Å². The summed E-state index contributed by atoms with van der Waals surface area (Å²) in [6, 6.07) is 3.59. The molecule has 4 heteroatoms. The normalized spacial score (nSPS) is 8.90. The van der Waals surface area contributed by atoms with E-state index >= 15 is 0 Å². The molecular formula is C6H2ClIN2. The fourth-order valence-electron chi connectivity index (χ4n) is 0.498. The second kappa shape index (κ2) is 3.17. The molecule has 0 N–H and O–H groups in total. The highest BCUT2D eigenvalue weighted by atomic mass is 127. The van der Waals surface area contributed by atoms with Gasteiger partial charge in [0.05, 0.1) is 8.59 Å². The first-order chi connectivity index (χ1) is 4.75. The lowest BCUT2D eigenvalue weighted by molar-refractivity contribution is 1.24. The molecule has 0 saturated carbocycles. The molecule has 1 heterocycles. The third-order valence-corrected chi connectivity index (χ3v) is 2.67. The number of hydrogen-bond donors (Lipinski definition) is 0. The van der Waals surface area contributed by atoms with Crippen LogP contribution < -0.4 is 0 Å². The first kappa shape index (κ1) is 7.76. The Bertz CT molecular complexity index is 292. The molecule has 0 bridgehead atoms. The van der Waals surface area contributed by atoms with Crippen molar-refractivity contribution in [1.82, 2.24) is 4.98 Å². The molecule has 10 heavy (non-hydrogen) atoms. The maximum absolute atomic E-state index is 8.47. The molecular weight excluding hydrogens is 262 g/mol. The molecule has 0 aliphatic rings. The van der Waals surface area contributed by atoms with Crippen molar-refractivity contribution in [2.45, 2.75) is 0 Å². The predicted octanol–water partition coefficient (Wildman–Crippen LogP) is 2.21. The highest BCUT2D eigenvalue weighted by Crippen LogP contribution is 2.18. The van der Waals surface area contributed by atoms with Gasteiger partial charge in [0.25, 0.3) is 0 Å². The molecule has 0 unspecified atom stereocenters. The summed E-state index contributed by atoms with van der Waals surface area (Å²) in [4.78, 5) is 3.80. The van der Waals surface area contributed by atoms with Crippen LogP contribution in [0, 0.1) is 14.9 Å². The molecule has 0 aliphatic carbocycles. The monoisotopic (exact) mass is 264 g/mol. The summed E-state index contributed by atoms with van der Waals surface area (Å²) in [5.74, 6) is 0. The van der Waals surface area contributed by atoms with E-state index in [0.29, 0.717) is 14.3 Å². The summed E-state index contributed by atoms with van der Waals surface area (Å²) in [6.45, 7) is 0. The highest BCUT2D eigenvalue weighted by Gasteiger charge is 2.02. The largest absolute Gasteiger partial charge is 0.244 e. The number of rotatable bonds is 0. The lowest BCUT2D eigenvalue weighted by Gasteiger charge is -1.93. The Morgan fingerprint density at radius 3 is 2.90 bits per heavy atom. The van der Waals surface area contributed by atoms with Crippen LogP contribution in [0.2, 0.25) is 5.02 Å². The van der Waals surface area contributed by atoms with Crippen molar-refractivity contribution in [1.29, 1.82) is 5.26 Å². The Hall–Kier alpha value is -0.340. The molecule has 0 aliphatic heterocycles. The Morgan fingerprint density at radius 1 is 1.70 bits per heavy atom. The summed E-state index contributed by atoms with van der Waals surface area (Å²) in [5, 5.41) is 9.04. The molecule has 0 spiro atoms. The summed E-state index contributed by atoms with van der Waals surface area (Å²) in [5.41, 5.74) is 0.383. The maximum atomic E-state index is 8.47. The molecule has 0 aromatic carbocycles. The van der Waals surface area contributed by atoms with Crippen LogP contribution in [0.3, 0.4) is 0 Å². The fraction of sp³-hybridized carbons (Fsp3) is 0. The predicted molar refractivity (Wildman–Crippen MR) is 46.7 cm³/mol. The van der Waals surface area contributed by atoms with E-state index in [4.69, 9.17) is 16.9 Å². The summed E-state index contributed by atoms with van der Waals surface area (Å²) >= 11 is 7.68. The third kappa shape index (κ3) is 1.39. The van der Waals surface area contributed by atoms with E-state index in [-0.39, 0.29) is 0 Å². The summed E-state index contributed by atoms with van der Waals surface area (Å²) in [7, 11) is 0. The standard InChI is InChI=1S/C6H2ClIN2/c7-4-1-2-10-5(3-9)6(4)8/h1-2H. The zero-order valence-electron chi connectivity index (χ0n) is 4.81. The van der Waals surface area contributed by atoms with Crippen molar-refractivity contribution < 1.29 is 0 Å². The Labute approximate surface area is 77.0 Å². The van der Waals surface area contributed by atoms with Gasteiger partial charge in [-0.25, -0.2) is 4.98 Å². The molecule has 1 rings (SSSR count). The summed E-state index contributed by atoms with van der Waals surface area (Å²) < 4.78 is 0.712. The van der Waals surface area contributed by atoms with E-state index < -0.39 is 0 Å². The van der Waals surface area contributed by atoms with E-state index in [1.54, 1.807) is 6.07 Å². The number of aromatic nitrogens is 1. The van der Waals surface area contributed by atoms with E-state index in [2.05, 4.69) is 4.98 Å². The van der Waals surface area contributed by atoms with Crippen molar-refractivity contribution >= 4 is 34.2 Å². The van der Waals surface area contributed by atoms with Gasteiger partial charge in [-0.3, -0.25) is 0 Å². The van der Waals surface area contributed by atoms with E-state index in [0.717, 1.165) is 0 Å². The van der Waals surface area contributed by atoms with Crippen molar-refractivity contribution in [3.8, 4) is 6.07 Å². The molecule has 0 saturated heterocycles. The minimum Gasteiger partial charge on any atom is -0.244 e. The molecule has 2 nitrogen and oxygen atoms in total. The molecule has 1 aromatic heterocycles. The van der Waals surface area contributed by atoms with Gasteiger partial charge in [0.15, 0.2) is 5.69 Å².